The van der Waals surface area contributed by atoms with Crippen molar-refractivity contribution in [3.8, 4) is 0 Å². The maximum atomic E-state index is 11.6. The number of alkyl carbamates (subject to hydrolysis) is 1. The van der Waals surface area contributed by atoms with Gasteiger partial charge >= 0.3 is 6.09 Å². The second-order valence-electron chi connectivity index (χ2n) is 6.60. The normalized spacial score (nSPS) is 20.7. The van der Waals surface area contributed by atoms with E-state index in [1.807, 2.05) is 32.9 Å². The highest BCUT2D eigenvalue weighted by atomic mass is 16.6. The van der Waals surface area contributed by atoms with Gasteiger partial charge in [0.15, 0.2) is 0 Å². The second-order valence-corrected chi connectivity index (χ2v) is 6.60. The summed E-state index contributed by atoms with van der Waals surface area (Å²) in [5, 5.41) is 6.20. The first-order valence-corrected chi connectivity index (χ1v) is 7.39. The van der Waals surface area contributed by atoms with Gasteiger partial charge in [0.05, 0.1) is 0 Å². The van der Waals surface area contributed by atoms with E-state index in [0.717, 1.165) is 18.5 Å². The van der Waals surface area contributed by atoms with Gasteiger partial charge in [0, 0.05) is 23.3 Å². The number of carbonyl (C=O) groups excluding carboxylic acids is 2. The standard InChI is InChI=1S/C16H23N3O3/c1-16(2,3)22-15(21)19-13-8-12(9-13)18-11-6-4-10(5-7-11)14(17)20/h4-7,12-13,18H,8-9H2,1-3H3,(H2,17,20)(H,19,21). The lowest BCUT2D eigenvalue weighted by atomic mass is 9.86. The maximum absolute atomic E-state index is 11.6. The Bertz CT molecular complexity index is 543. The third-order valence-electron chi connectivity index (χ3n) is 3.40. The minimum Gasteiger partial charge on any atom is -0.444 e. The van der Waals surface area contributed by atoms with Crippen molar-refractivity contribution < 1.29 is 14.3 Å². The molecule has 1 fully saturated rings. The molecule has 0 saturated heterocycles. The molecule has 22 heavy (non-hydrogen) atoms. The molecule has 1 aromatic rings. The van der Waals surface area contributed by atoms with E-state index in [9.17, 15) is 9.59 Å². The number of nitrogens with two attached hydrogens (primary N) is 1. The predicted molar refractivity (Wildman–Crippen MR) is 84.8 cm³/mol. The van der Waals surface area contributed by atoms with E-state index < -0.39 is 11.5 Å². The molecule has 0 heterocycles. The number of nitrogens with one attached hydrogen (secondary N) is 2. The first-order valence-electron chi connectivity index (χ1n) is 7.39. The van der Waals surface area contributed by atoms with E-state index in [-0.39, 0.29) is 12.1 Å². The zero-order valence-corrected chi connectivity index (χ0v) is 13.2. The number of primary amides is 1. The number of carbonyl (C=O) groups is 2. The summed E-state index contributed by atoms with van der Waals surface area (Å²) in [6.45, 7) is 5.52. The number of ether oxygens (including phenoxy) is 1. The number of benzene rings is 1. The van der Waals surface area contributed by atoms with E-state index in [4.69, 9.17) is 10.5 Å². The first kappa shape index (κ1) is 16.1. The molecule has 1 saturated carbocycles. The summed E-state index contributed by atoms with van der Waals surface area (Å²) in [6.07, 6.45) is 1.31. The SMILES string of the molecule is CC(C)(C)OC(=O)NC1CC(Nc2ccc(C(N)=O)cc2)C1. The molecule has 2 rings (SSSR count). The van der Waals surface area contributed by atoms with Crippen LogP contribution in [0.15, 0.2) is 24.3 Å². The van der Waals surface area contributed by atoms with E-state index in [1.165, 1.54) is 0 Å². The Kier molecular flexibility index (Phi) is 4.59. The van der Waals surface area contributed by atoms with Gasteiger partial charge in [0.1, 0.15) is 5.60 Å². The molecule has 0 atom stereocenters. The van der Waals surface area contributed by atoms with Crippen LogP contribution in [-0.2, 0) is 4.74 Å². The van der Waals surface area contributed by atoms with Gasteiger partial charge in [-0.05, 0) is 57.9 Å². The van der Waals surface area contributed by atoms with E-state index in [1.54, 1.807) is 12.1 Å². The summed E-state index contributed by atoms with van der Waals surface area (Å²) in [4.78, 5) is 22.6. The summed E-state index contributed by atoms with van der Waals surface area (Å²) in [5.74, 6) is -0.434. The number of hydrogen-bond acceptors (Lipinski definition) is 4. The molecule has 0 aliphatic heterocycles. The molecule has 6 nitrogen and oxygen atoms in total. The average Bonchev–Trinajstić information content (AvgIpc) is 2.34. The van der Waals surface area contributed by atoms with Gasteiger partial charge < -0.3 is 21.1 Å². The van der Waals surface area contributed by atoms with Crippen molar-refractivity contribution in [2.45, 2.75) is 51.3 Å². The third-order valence-corrected chi connectivity index (χ3v) is 3.40. The highest BCUT2D eigenvalue weighted by Crippen LogP contribution is 2.25. The number of anilines is 1. The van der Waals surface area contributed by atoms with Crippen molar-refractivity contribution in [2.75, 3.05) is 5.32 Å². The molecule has 120 valence electrons. The fourth-order valence-corrected chi connectivity index (χ4v) is 2.29. The number of amides is 2. The second kappa shape index (κ2) is 6.25. The summed E-state index contributed by atoms with van der Waals surface area (Å²) in [5.41, 5.74) is 6.15. The zero-order valence-electron chi connectivity index (χ0n) is 13.2. The van der Waals surface area contributed by atoms with Crippen LogP contribution in [-0.4, -0.2) is 29.7 Å². The van der Waals surface area contributed by atoms with Gasteiger partial charge in [0.25, 0.3) is 0 Å². The van der Waals surface area contributed by atoms with E-state index in [0.29, 0.717) is 11.6 Å². The van der Waals surface area contributed by atoms with Crippen molar-refractivity contribution in [3.63, 3.8) is 0 Å². The van der Waals surface area contributed by atoms with Crippen molar-refractivity contribution in [1.82, 2.24) is 5.32 Å². The third kappa shape index (κ3) is 4.65. The molecule has 6 heteroatoms. The molecule has 0 unspecified atom stereocenters. The van der Waals surface area contributed by atoms with Gasteiger partial charge in [-0.2, -0.15) is 0 Å². The molecule has 0 spiro atoms. The first-order chi connectivity index (χ1) is 10.2. The maximum Gasteiger partial charge on any atom is 0.407 e. The minimum absolute atomic E-state index is 0.136. The predicted octanol–water partition coefficient (Wildman–Crippen LogP) is 2.25. The van der Waals surface area contributed by atoms with Crippen molar-refractivity contribution in [1.29, 1.82) is 0 Å². The average molecular weight is 305 g/mol. The topological polar surface area (TPSA) is 93.4 Å². The van der Waals surface area contributed by atoms with E-state index >= 15 is 0 Å². The lowest BCUT2D eigenvalue weighted by Gasteiger charge is -2.37. The molecule has 4 N–H and O–H groups in total. The Balaban J connectivity index is 1.73. The highest BCUT2D eigenvalue weighted by Gasteiger charge is 2.31. The highest BCUT2D eigenvalue weighted by molar-refractivity contribution is 5.93. The van der Waals surface area contributed by atoms with Gasteiger partial charge in [-0.25, -0.2) is 4.79 Å². The zero-order chi connectivity index (χ0) is 16.3. The Hall–Kier alpha value is -2.24. The van der Waals surface area contributed by atoms with Crippen LogP contribution in [0.4, 0.5) is 10.5 Å². The molecule has 0 aromatic heterocycles. The Morgan fingerprint density at radius 1 is 1.14 bits per heavy atom. The molecule has 0 radical (unpaired) electrons. The van der Waals surface area contributed by atoms with Gasteiger partial charge in [-0.3, -0.25) is 4.79 Å². The van der Waals surface area contributed by atoms with Crippen LogP contribution in [0.3, 0.4) is 0 Å². The van der Waals surface area contributed by atoms with Crippen LogP contribution in [0.25, 0.3) is 0 Å². The monoisotopic (exact) mass is 305 g/mol. The molecule has 2 amide bonds. The molecular weight excluding hydrogens is 282 g/mol. The Morgan fingerprint density at radius 3 is 2.23 bits per heavy atom. The minimum atomic E-state index is -0.479. The van der Waals surface area contributed by atoms with Crippen LogP contribution in [0.5, 0.6) is 0 Å². The smallest absolute Gasteiger partial charge is 0.407 e. The molecule has 1 aliphatic rings. The number of hydrogen-bond donors (Lipinski definition) is 3. The Morgan fingerprint density at radius 2 is 1.73 bits per heavy atom. The largest absolute Gasteiger partial charge is 0.444 e. The lowest BCUT2D eigenvalue weighted by molar-refractivity contribution is 0.0475. The van der Waals surface area contributed by atoms with Crippen LogP contribution in [0.2, 0.25) is 0 Å². The summed E-state index contributed by atoms with van der Waals surface area (Å²) in [6, 6.07) is 7.49. The molecule has 1 aliphatic carbocycles. The van der Waals surface area contributed by atoms with Crippen molar-refractivity contribution in [2.24, 2.45) is 5.73 Å². The molecular formula is C16H23N3O3. The van der Waals surface area contributed by atoms with Gasteiger partial charge in [0.2, 0.25) is 5.91 Å². The van der Waals surface area contributed by atoms with Crippen LogP contribution >= 0.6 is 0 Å². The van der Waals surface area contributed by atoms with Gasteiger partial charge in [-0.15, -0.1) is 0 Å². The summed E-state index contributed by atoms with van der Waals surface area (Å²) >= 11 is 0. The fraction of sp³-hybridized carbons (Fsp3) is 0.500. The van der Waals surface area contributed by atoms with Crippen LogP contribution < -0.4 is 16.4 Å². The Labute approximate surface area is 130 Å². The van der Waals surface area contributed by atoms with Crippen LogP contribution in [0, 0.1) is 0 Å². The van der Waals surface area contributed by atoms with Crippen molar-refractivity contribution >= 4 is 17.7 Å². The molecule has 1 aromatic carbocycles. The molecule has 0 bridgehead atoms. The van der Waals surface area contributed by atoms with E-state index in [2.05, 4.69) is 10.6 Å². The lowest BCUT2D eigenvalue weighted by Crippen LogP contribution is -2.50. The van der Waals surface area contributed by atoms with Crippen LogP contribution in [0.1, 0.15) is 44.0 Å². The fourth-order valence-electron chi connectivity index (χ4n) is 2.29. The van der Waals surface area contributed by atoms with Crippen molar-refractivity contribution in [3.05, 3.63) is 29.8 Å². The summed E-state index contributed by atoms with van der Waals surface area (Å²) in [7, 11) is 0. The summed E-state index contributed by atoms with van der Waals surface area (Å²) < 4.78 is 5.22. The van der Waals surface area contributed by atoms with Gasteiger partial charge in [-0.1, -0.05) is 0 Å². The number of rotatable bonds is 4. The quantitative estimate of drug-likeness (QED) is 0.795.